The van der Waals surface area contributed by atoms with E-state index in [9.17, 15) is 18.0 Å². The number of allylic oxidation sites excluding steroid dienone is 1. The van der Waals surface area contributed by atoms with Gasteiger partial charge in [0.05, 0.1) is 5.92 Å². The molecule has 0 amide bonds. The van der Waals surface area contributed by atoms with E-state index in [0.717, 1.165) is 0 Å². The lowest BCUT2D eigenvalue weighted by molar-refractivity contribution is -0.195. The molecule has 0 saturated heterocycles. The van der Waals surface area contributed by atoms with Crippen LogP contribution in [0.2, 0.25) is 0 Å². The Hall–Kier alpha value is -0.510. The van der Waals surface area contributed by atoms with Crippen LogP contribution in [0.5, 0.6) is 0 Å². The molecule has 1 rings (SSSR count). The Morgan fingerprint density at radius 1 is 1.53 bits per heavy atom. The average molecular weight is 241 g/mol. The van der Waals surface area contributed by atoms with Crippen molar-refractivity contribution in [2.75, 3.05) is 0 Å². The number of ketones is 1. The van der Waals surface area contributed by atoms with E-state index in [1.165, 1.54) is 0 Å². The van der Waals surface area contributed by atoms with Gasteiger partial charge in [0.2, 0.25) is 0 Å². The molecule has 5 heteroatoms. The Balaban J connectivity index is 2.75. The lowest BCUT2D eigenvalue weighted by atomic mass is 9.76. The lowest BCUT2D eigenvalue weighted by Gasteiger charge is -2.32. The van der Waals surface area contributed by atoms with Gasteiger partial charge in [-0.25, -0.2) is 0 Å². The summed E-state index contributed by atoms with van der Waals surface area (Å²) < 4.78 is 37.8. The fourth-order valence-electron chi connectivity index (χ4n) is 2.02. The van der Waals surface area contributed by atoms with Gasteiger partial charge in [0, 0.05) is 17.9 Å². The highest BCUT2D eigenvalue weighted by molar-refractivity contribution is 6.29. The smallest absolute Gasteiger partial charge is 0.300 e. The summed E-state index contributed by atoms with van der Waals surface area (Å²) >= 11 is 5.50. The normalized spacial score (nSPS) is 27.9. The number of carbonyl (C=O) groups excluding carboxylic acids is 1. The quantitative estimate of drug-likeness (QED) is 0.720. The third kappa shape index (κ3) is 3.52. The Morgan fingerprint density at radius 2 is 2.13 bits per heavy atom. The number of carbonyl (C=O) groups is 1. The van der Waals surface area contributed by atoms with Crippen molar-refractivity contribution in [3.05, 3.63) is 11.6 Å². The van der Waals surface area contributed by atoms with Crippen LogP contribution in [0.3, 0.4) is 0 Å². The topological polar surface area (TPSA) is 17.1 Å². The Morgan fingerprint density at radius 3 is 2.60 bits per heavy atom. The van der Waals surface area contributed by atoms with Gasteiger partial charge in [0.25, 0.3) is 0 Å². The second kappa shape index (κ2) is 4.56. The van der Waals surface area contributed by atoms with Crippen molar-refractivity contribution in [2.45, 2.75) is 31.9 Å². The second-order valence-corrected chi connectivity index (χ2v) is 4.45. The monoisotopic (exact) mass is 240 g/mol. The first kappa shape index (κ1) is 12.6. The van der Waals surface area contributed by atoms with Crippen LogP contribution in [0.15, 0.2) is 11.6 Å². The first-order chi connectivity index (χ1) is 6.80. The molecular weight excluding hydrogens is 229 g/mol. The van der Waals surface area contributed by atoms with E-state index in [0.29, 0.717) is 0 Å². The number of alkyl halides is 3. The molecule has 0 bridgehead atoms. The SMILES string of the molecule is C=C(Cl)CC1CC(=O)CCC1C(F)(F)F. The van der Waals surface area contributed by atoms with E-state index in [4.69, 9.17) is 11.6 Å². The summed E-state index contributed by atoms with van der Waals surface area (Å²) in [6, 6.07) is 0. The molecule has 1 saturated carbocycles. The minimum Gasteiger partial charge on any atom is -0.300 e. The summed E-state index contributed by atoms with van der Waals surface area (Å²) in [5.74, 6) is -2.25. The Kier molecular flexibility index (Phi) is 3.82. The third-order valence-corrected chi connectivity index (χ3v) is 2.85. The lowest BCUT2D eigenvalue weighted by Crippen LogP contribution is -2.35. The van der Waals surface area contributed by atoms with Crippen molar-refractivity contribution < 1.29 is 18.0 Å². The number of hydrogen-bond acceptors (Lipinski definition) is 1. The third-order valence-electron chi connectivity index (χ3n) is 2.70. The molecule has 0 aliphatic heterocycles. The Bertz CT molecular complexity index is 270. The second-order valence-electron chi connectivity index (χ2n) is 3.91. The zero-order valence-electron chi connectivity index (χ0n) is 8.11. The predicted octanol–water partition coefficient (Wildman–Crippen LogP) is 3.68. The van der Waals surface area contributed by atoms with Gasteiger partial charge in [-0.15, -0.1) is 0 Å². The maximum atomic E-state index is 12.6. The summed E-state index contributed by atoms with van der Waals surface area (Å²) in [4.78, 5) is 11.1. The summed E-state index contributed by atoms with van der Waals surface area (Å²) in [5.41, 5.74) is 0. The van der Waals surface area contributed by atoms with Gasteiger partial charge in [-0.3, -0.25) is 4.79 Å². The molecule has 1 aliphatic carbocycles. The van der Waals surface area contributed by atoms with Crippen LogP contribution in [0.4, 0.5) is 13.2 Å². The maximum Gasteiger partial charge on any atom is 0.392 e. The van der Waals surface area contributed by atoms with Crippen molar-refractivity contribution in [2.24, 2.45) is 11.8 Å². The zero-order valence-corrected chi connectivity index (χ0v) is 8.87. The first-order valence-corrected chi connectivity index (χ1v) is 5.10. The van der Waals surface area contributed by atoms with Crippen LogP contribution < -0.4 is 0 Å². The van der Waals surface area contributed by atoms with E-state index in [1.54, 1.807) is 0 Å². The van der Waals surface area contributed by atoms with E-state index in [1.807, 2.05) is 0 Å². The molecule has 0 aromatic heterocycles. The highest BCUT2D eigenvalue weighted by atomic mass is 35.5. The highest BCUT2D eigenvalue weighted by Crippen LogP contribution is 2.43. The minimum absolute atomic E-state index is 0.0233. The number of halogens is 4. The molecule has 0 spiro atoms. The predicted molar refractivity (Wildman–Crippen MR) is 51.5 cm³/mol. The molecule has 0 aromatic carbocycles. The minimum atomic E-state index is -4.24. The molecule has 0 heterocycles. The molecule has 86 valence electrons. The molecule has 1 nitrogen and oxygen atoms in total. The molecule has 1 fully saturated rings. The summed E-state index contributed by atoms with van der Waals surface area (Å²) in [6.07, 6.45) is -4.29. The molecule has 0 aromatic rings. The van der Waals surface area contributed by atoms with Crippen LogP contribution in [0, 0.1) is 11.8 Å². The van der Waals surface area contributed by atoms with Gasteiger partial charge in [0.1, 0.15) is 5.78 Å². The van der Waals surface area contributed by atoms with Crippen LogP contribution in [0.1, 0.15) is 25.7 Å². The van der Waals surface area contributed by atoms with Crippen molar-refractivity contribution in [1.29, 1.82) is 0 Å². The number of Topliss-reactive ketones (excluding diaryl/α,β-unsaturated/α-hetero) is 1. The van der Waals surface area contributed by atoms with Gasteiger partial charge >= 0.3 is 6.18 Å². The molecule has 1 aliphatic rings. The van der Waals surface area contributed by atoms with Crippen LogP contribution in [0.25, 0.3) is 0 Å². The van der Waals surface area contributed by atoms with Crippen LogP contribution in [-0.4, -0.2) is 12.0 Å². The van der Waals surface area contributed by atoms with Crippen LogP contribution in [-0.2, 0) is 4.79 Å². The van der Waals surface area contributed by atoms with Crippen molar-refractivity contribution >= 4 is 17.4 Å². The standard InChI is InChI=1S/C10H12ClF3O/c1-6(11)4-7-5-8(15)2-3-9(7)10(12,13)14/h7,9H,1-5H2. The molecule has 0 N–H and O–H groups in total. The fourth-order valence-corrected chi connectivity index (χ4v) is 2.22. The van der Waals surface area contributed by atoms with Crippen molar-refractivity contribution in [3.63, 3.8) is 0 Å². The average Bonchev–Trinajstić information content (AvgIpc) is 1.99. The van der Waals surface area contributed by atoms with Gasteiger partial charge in [-0.05, 0) is 18.8 Å². The number of hydrogen-bond donors (Lipinski definition) is 0. The summed E-state index contributed by atoms with van der Waals surface area (Å²) in [5, 5.41) is 0.184. The van der Waals surface area contributed by atoms with Gasteiger partial charge in [-0.2, -0.15) is 13.2 Å². The molecule has 0 radical (unpaired) electrons. The van der Waals surface area contributed by atoms with Gasteiger partial charge in [-0.1, -0.05) is 18.2 Å². The first-order valence-electron chi connectivity index (χ1n) is 4.72. The molecule has 15 heavy (non-hydrogen) atoms. The molecule has 2 unspecified atom stereocenters. The number of rotatable bonds is 2. The van der Waals surface area contributed by atoms with E-state index < -0.39 is 18.0 Å². The molecular formula is C10H12ClF3O. The maximum absolute atomic E-state index is 12.6. The van der Waals surface area contributed by atoms with E-state index >= 15 is 0 Å². The van der Waals surface area contributed by atoms with E-state index in [2.05, 4.69) is 6.58 Å². The molecule has 2 atom stereocenters. The van der Waals surface area contributed by atoms with Crippen molar-refractivity contribution in [3.8, 4) is 0 Å². The Labute approximate surface area is 91.3 Å². The van der Waals surface area contributed by atoms with Gasteiger partial charge in [0.15, 0.2) is 0 Å². The summed E-state index contributed by atoms with van der Waals surface area (Å²) in [6.45, 7) is 3.38. The zero-order chi connectivity index (χ0) is 11.6. The van der Waals surface area contributed by atoms with Crippen molar-refractivity contribution in [1.82, 2.24) is 0 Å². The van der Waals surface area contributed by atoms with Crippen LogP contribution >= 0.6 is 11.6 Å². The summed E-state index contributed by atoms with van der Waals surface area (Å²) in [7, 11) is 0. The van der Waals surface area contributed by atoms with Gasteiger partial charge < -0.3 is 0 Å². The van der Waals surface area contributed by atoms with E-state index in [-0.39, 0.29) is 36.5 Å². The fraction of sp³-hybridized carbons (Fsp3) is 0.700. The largest absolute Gasteiger partial charge is 0.392 e. The highest BCUT2D eigenvalue weighted by Gasteiger charge is 2.46.